The summed E-state index contributed by atoms with van der Waals surface area (Å²) >= 11 is 0. The fourth-order valence-electron chi connectivity index (χ4n) is 1.82. The zero-order chi connectivity index (χ0) is 10.2. The molecule has 0 aliphatic rings. The van der Waals surface area contributed by atoms with Crippen LogP contribution < -0.4 is 0 Å². The van der Waals surface area contributed by atoms with Crippen molar-refractivity contribution in [3.63, 3.8) is 0 Å². The van der Waals surface area contributed by atoms with E-state index in [2.05, 4.69) is 50.0 Å². The summed E-state index contributed by atoms with van der Waals surface area (Å²) < 4.78 is 0. The summed E-state index contributed by atoms with van der Waals surface area (Å²) in [7, 11) is 0. The molecule has 0 radical (unpaired) electrons. The Morgan fingerprint density at radius 2 is 1.93 bits per heavy atom. The highest BCUT2D eigenvalue weighted by Gasteiger charge is 2.11. The minimum atomic E-state index is 0.361. The third-order valence-corrected chi connectivity index (χ3v) is 2.35. The Balaban J connectivity index is 2.35. The molecular formula is C13H17N. The Morgan fingerprint density at radius 1 is 1.14 bits per heavy atom. The number of hydrogen-bond donors (Lipinski definition) is 1. The number of hydrogen-bond acceptors (Lipinski definition) is 0. The molecule has 2 rings (SSSR count). The van der Waals surface area contributed by atoms with E-state index in [0.717, 1.165) is 6.42 Å². The van der Waals surface area contributed by atoms with Gasteiger partial charge < -0.3 is 4.98 Å². The minimum absolute atomic E-state index is 0.361. The van der Waals surface area contributed by atoms with E-state index in [1.807, 2.05) is 6.20 Å². The molecule has 0 saturated heterocycles. The number of fused-ring (bicyclic) bond motifs is 1. The third-order valence-electron chi connectivity index (χ3n) is 2.35. The Labute approximate surface area is 85.1 Å². The molecule has 1 aromatic carbocycles. The number of rotatable bonds is 1. The average Bonchev–Trinajstić information content (AvgIpc) is 2.47. The van der Waals surface area contributed by atoms with Crippen LogP contribution in [0, 0.1) is 5.41 Å². The number of H-pyrrole nitrogens is 1. The minimum Gasteiger partial charge on any atom is -0.361 e. The van der Waals surface area contributed by atoms with Crippen LogP contribution in [0.5, 0.6) is 0 Å². The molecule has 0 unspecified atom stereocenters. The quantitative estimate of drug-likeness (QED) is 0.699. The van der Waals surface area contributed by atoms with Gasteiger partial charge in [0, 0.05) is 11.7 Å². The normalized spacial score (nSPS) is 12.2. The van der Waals surface area contributed by atoms with Crippen molar-refractivity contribution in [3.8, 4) is 0 Å². The SMILES string of the molecule is CC(C)(C)Cc1ccc2cc[nH]c2c1. The van der Waals surface area contributed by atoms with E-state index in [-0.39, 0.29) is 0 Å². The molecule has 74 valence electrons. The molecule has 1 N–H and O–H groups in total. The van der Waals surface area contributed by atoms with E-state index in [4.69, 9.17) is 0 Å². The Hall–Kier alpha value is -1.24. The van der Waals surface area contributed by atoms with E-state index < -0.39 is 0 Å². The monoisotopic (exact) mass is 187 g/mol. The van der Waals surface area contributed by atoms with Crippen LogP contribution in [0.2, 0.25) is 0 Å². The lowest BCUT2D eigenvalue weighted by atomic mass is 9.88. The van der Waals surface area contributed by atoms with E-state index in [1.54, 1.807) is 0 Å². The molecule has 14 heavy (non-hydrogen) atoms. The molecule has 0 atom stereocenters. The standard InChI is InChI=1S/C13H17N/c1-13(2,3)9-10-4-5-11-6-7-14-12(11)8-10/h4-8,14H,9H2,1-3H3. The number of nitrogens with one attached hydrogen (secondary N) is 1. The van der Waals surface area contributed by atoms with Gasteiger partial charge in [-0.1, -0.05) is 32.9 Å². The molecule has 1 heteroatoms. The maximum absolute atomic E-state index is 3.25. The topological polar surface area (TPSA) is 15.8 Å². The Kier molecular flexibility index (Phi) is 2.10. The predicted octanol–water partition coefficient (Wildman–Crippen LogP) is 3.76. The molecular weight excluding hydrogens is 170 g/mol. The zero-order valence-electron chi connectivity index (χ0n) is 9.09. The van der Waals surface area contributed by atoms with Crippen LogP contribution in [-0.4, -0.2) is 4.98 Å². The van der Waals surface area contributed by atoms with Crippen molar-refractivity contribution in [1.82, 2.24) is 4.98 Å². The van der Waals surface area contributed by atoms with E-state index in [0.29, 0.717) is 5.41 Å². The van der Waals surface area contributed by atoms with Gasteiger partial charge in [0.15, 0.2) is 0 Å². The average molecular weight is 187 g/mol. The molecule has 2 aromatic rings. The number of aromatic nitrogens is 1. The lowest BCUT2D eigenvalue weighted by molar-refractivity contribution is 0.411. The lowest BCUT2D eigenvalue weighted by Crippen LogP contribution is -2.08. The molecule has 0 aliphatic carbocycles. The van der Waals surface area contributed by atoms with Gasteiger partial charge in [0.2, 0.25) is 0 Å². The second-order valence-corrected chi connectivity index (χ2v) is 5.14. The van der Waals surface area contributed by atoms with Crippen molar-refractivity contribution in [2.75, 3.05) is 0 Å². The first-order valence-electron chi connectivity index (χ1n) is 5.11. The van der Waals surface area contributed by atoms with Gasteiger partial charge in [-0.05, 0) is 34.9 Å². The van der Waals surface area contributed by atoms with Crippen LogP contribution in [0.4, 0.5) is 0 Å². The predicted molar refractivity (Wildman–Crippen MR) is 61.5 cm³/mol. The highest BCUT2D eigenvalue weighted by molar-refractivity contribution is 5.79. The van der Waals surface area contributed by atoms with Crippen molar-refractivity contribution in [2.45, 2.75) is 27.2 Å². The lowest BCUT2D eigenvalue weighted by Gasteiger charge is -2.17. The summed E-state index contributed by atoms with van der Waals surface area (Å²) in [5.41, 5.74) is 3.01. The van der Waals surface area contributed by atoms with Crippen LogP contribution in [0.1, 0.15) is 26.3 Å². The fourth-order valence-corrected chi connectivity index (χ4v) is 1.82. The van der Waals surface area contributed by atoms with Gasteiger partial charge in [-0.25, -0.2) is 0 Å². The molecule has 1 heterocycles. The van der Waals surface area contributed by atoms with E-state index in [9.17, 15) is 0 Å². The summed E-state index contributed by atoms with van der Waals surface area (Å²) in [4.78, 5) is 3.25. The highest BCUT2D eigenvalue weighted by Crippen LogP contribution is 2.22. The van der Waals surface area contributed by atoms with Crippen molar-refractivity contribution in [3.05, 3.63) is 36.0 Å². The molecule has 0 amide bonds. The third kappa shape index (κ3) is 1.98. The fraction of sp³-hybridized carbons (Fsp3) is 0.385. The summed E-state index contributed by atoms with van der Waals surface area (Å²) in [6.07, 6.45) is 3.12. The molecule has 0 fully saturated rings. The van der Waals surface area contributed by atoms with Crippen LogP contribution in [0.15, 0.2) is 30.5 Å². The summed E-state index contributed by atoms with van der Waals surface area (Å²) in [5, 5.41) is 1.29. The van der Waals surface area contributed by atoms with Gasteiger partial charge in [-0.3, -0.25) is 0 Å². The highest BCUT2D eigenvalue weighted by atomic mass is 14.7. The Bertz CT molecular complexity index is 432. The molecule has 0 spiro atoms. The first-order chi connectivity index (χ1) is 6.54. The van der Waals surface area contributed by atoms with Crippen LogP contribution in [0.25, 0.3) is 10.9 Å². The van der Waals surface area contributed by atoms with Crippen molar-refractivity contribution in [1.29, 1.82) is 0 Å². The smallest absolute Gasteiger partial charge is 0.0456 e. The van der Waals surface area contributed by atoms with Crippen LogP contribution in [-0.2, 0) is 6.42 Å². The zero-order valence-corrected chi connectivity index (χ0v) is 9.09. The molecule has 0 aliphatic heterocycles. The van der Waals surface area contributed by atoms with Gasteiger partial charge in [-0.15, -0.1) is 0 Å². The van der Waals surface area contributed by atoms with Gasteiger partial charge in [0.25, 0.3) is 0 Å². The van der Waals surface area contributed by atoms with Gasteiger partial charge >= 0.3 is 0 Å². The number of aromatic amines is 1. The van der Waals surface area contributed by atoms with E-state index >= 15 is 0 Å². The van der Waals surface area contributed by atoms with E-state index in [1.165, 1.54) is 16.5 Å². The summed E-state index contributed by atoms with van der Waals surface area (Å²) in [5.74, 6) is 0. The number of benzene rings is 1. The van der Waals surface area contributed by atoms with Gasteiger partial charge in [0.05, 0.1) is 0 Å². The first-order valence-corrected chi connectivity index (χ1v) is 5.11. The molecule has 1 aromatic heterocycles. The molecule has 1 nitrogen and oxygen atoms in total. The van der Waals surface area contributed by atoms with Crippen LogP contribution in [0.3, 0.4) is 0 Å². The molecule has 0 saturated carbocycles. The first kappa shape index (κ1) is 9.32. The molecule has 0 bridgehead atoms. The maximum Gasteiger partial charge on any atom is 0.0456 e. The van der Waals surface area contributed by atoms with Crippen molar-refractivity contribution in [2.24, 2.45) is 5.41 Å². The second kappa shape index (κ2) is 3.16. The largest absolute Gasteiger partial charge is 0.361 e. The summed E-state index contributed by atoms with van der Waals surface area (Å²) in [6, 6.07) is 8.77. The van der Waals surface area contributed by atoms with Gasteiger partial charge in [-0.2, -0.15) is 0 Å². The Morgan fingerprint density at radius 3 is 2.64 bits per heavy atom. The van der Waals surface area contributed by atoms with Crippen molar-refractivity contribution < 1.29 is 0 Å². The summed E-state index contributed by atoms with van der Waals surface area (Å²) in [6.45, 7) is 6.81. The van der Waals surface area contributed by atoms with Crippen LogP contribution >= 0.6 is 0 Å². The van der Waals surface area contributed by atoms with Crippen molar-refractivity contribution >= 4 is 10.9 Å². The maximum atomic E-state index is 3.25. The second-order valence-electron chi connectivity index (χ2n) is 5.14. The van der Waals surface area contributed by atoms with Gasteiger partial charge in [0.1, 0.15) is 0 Å².